The van der Waals surface area contributed by atoms with Crippen molar-refractivity contribution in [2.24, 2.45) is 5.92 Å². The average Bonchev–Trinajstić information content (AvgIpc) is 3.72. The summed E-state index contributed by atoms with van der Waals surface area (Å²) in [5.41, 5.74) is 21.1. The topological polar surface area (TPSA) is 6.48 Å². The first kappa shape index (κ1) is 43.6. The highest BCUT2D eigenvalue weighted by molar-refractivity contribution is 5.99. The first-order valence-electron chi connectivity index (χ1n) is 25.9. The van der Waals surface area contributed by atoms with E-state index in [1.165, 1.54) is 104 Å². The Hall–Kier alpha value is -8.46. The van der Waals surface area contributed by atoms with Crippen LogP contribution < -0.4 is 9.80 Å². The molecule has 2 nitrogen and oxygen atoms in total. The quantitative estimate of drug-likeness (QED) is 0.135. The number of hydrogen-bond acceptors (Lipinski definition) is 2. The van der Waals surface area contributed by atoms with Crippen LogP contribution in [-0.2, 0) is 5.41 Å². The highest BCUT2D eigenvalue weighted by Gasteiger charge is 2.49. The van der Waals surface area contributed by atoms with Crippen molar-refractivity contribution in [1.82, 2.24) is 0 Å². The molecule has 13 rings (SSSR count). The molecule has 10 aromatic rings. The third-order valence-electron chi connectivity index (χ3n) is 15.9. The molecule has 0 N–H and O–H groups in total. The molecule has 0 heterocycles. The van der Waals surface area contributed by atoms with E-state index >= 15 is 0 Å². The molecule has 3 aliphatic rings. The molecule has 0 aliphatic heterocycles. The average molecular weight is 925 g/mol. The van der Waals surface area contributed by atoms with E-state index in [9.17, 15) is 0 Å². The van der Waals surface area contributed by atoms with Gasteiger partial charge in [0, 0.05) is 39.2 Å². The fourth-order valence-corrected chi connectivity index (χ4v) is 12.4. The molecule has 0 radical (unpaired) electrons. The largest absolute Gasteiger partial charge is 0.310 e. The Morgan fingerprint density at radius 1 is 0.361 bits per heavy atom. The minimum atomic E-state index is 0.205. The molecular weight excluding hydrogens is 869 g/mol. The summed E-state index contributed by atoms with van der Waals surface area (Å²) in [4.78, 5) is 4.91. The van der Waals surface area contributed by atoms with E-state index in [2.05, 4.69) is 271 Å². The van der Waals surface area contributed by atoms with Crippen LogP contribution >= 0.6 is 0 Å². The zero-order chi connectivity index (χ0) is 47.8. The molecule has 0 aromatic heterocycles. The van der Waals surface area contributed by atoms with Crippen LogP contribution in [0.25, 0.3) is 60.9 Å². The Labute approximate surface area is 424 Å². The molecule has 1 fully saturated rings. The molecule has 0 saturated heterocycles. The van der Waals surface area contributed by atoms with Crippen LogP contribution in [0.5, 0.6) is 0 Å². The molecule has 346 valence electrons. The van der Waals surface area contributed by atoms with Gasteiger partial charge in [-0.05, 0) is 165 Å². The van der Waals surface area contributed by atoms with Gasteiger partial charge in [-0.1, -0.05) is 207 Å². The minimum Gasteiger partial charge on any atom is -0.310 e. The van der Waals surface area contributed by atoms with Crippen molar-refractivity contribution < 1.29 is 0 Å². The fourth-order valence-electron chi connectivity index (χ4n) is 12.4. The number of anilines is 6. The zero-order valence-corrected chi connectivity index (χ0v) is 40.5. The SMILES string of the molecule is C1=CCC2C(=C1)c1ccc(N(c3ccc(-c4ccc(N(c5ccc(-c6ccccc6)cc5)c5cc(-c6ccccc6)cc(-c6ccccc6)c5)cc4)cc3)c3cccc4ccccc34)cc1C21CCCCC1. The predicted octanol–water partition coefficient (Wildman–Crippen LogP) is 19.6. The van der Waals surface area contributed by atoms with E-state index in [0.717, 1.165) is 29.2 Å². The van der Waals surface area contributed by atoms with Crippen molar-refractivity contribution in [3.05, 3.63) is 272 Å². The van der Waals surface area contributed by atoms with Crippen molar-refractivity contribution in [1.29, 1.82) is 0 Å². The maximum absolute atomic E-state index is 2.58. The summed E-state index contributed by atoms with van der Waals surface area (Å²) in [6.45, 7) is 0. The van der Waals surface area contributed by atoms with Crippen LogP contribution in [0.4, 0.5) is 34.1 Å². The Bertz CT molecular complexity index is 3540. The smallest absolute Gasteiger partial charge is 0.0540 e. The van der Waals surface area contributed by atoms with Crippen molar-refractivity contribution in [3.8, 4) is 44.5 Å². The minimum absolute atomic E-state index is 0.205. The highest BCUT2D eigenvalue weighted by atomic mass is 15.1. The van der Waals surface area contributed by atoms with Gasteiger partial charge in [-0.3, -0.25) is 0 Å². The molecule has 72 heavy (non-hydrogen) atoms. The van der Waals surface area contributed by atoms with Gasteiger partial charge in [0.2, 0.25) is 0 Å². The summed E-state index contributed by atoms with van der Waals surface area (Å²) in [5, 5.41) is 2.49. The Balaban J connectivity index is 0.889. The molecule has 2 heteroatoms. The molecule has 1 atom stereocenters. The molecule has 1 spiro atoms. The standard InChI is InChI=1S/C70H56N2/c1-5-18-50(19-6-1)53-30-36-59(37-31-53)71(63-47-57(51-20-7-2-8-21-51)46-58(48-63)52-22-9-3-10-23-52)60-38-32-54(33-39-60)55-34-40-61(41-35-55)72(69-29-17-25-56-24-11-12-26-64(56)69)62-42-43-66-65-27-13-14-28-67(65)70(68(66)49-62)44-15-4-16-45-70/h1-3,5-14,17-27,29-43,46-49,67H,4,15-16,28,44-45H2. The second-order valence-electron chi connectivity index (χ2n) is 20.0. The summed E-state index contributed by atoms with van der Waals surface area (Å²) in [6, 6.07) is 89.4. The molecule has 1 unspecified atom stereocenters. The third-order valence-corrected chi connectivity index (χ3v) is 15.9. The maximum Gasteiger partial charge on any atom is 0.0540 e. The van der Waals surface area contributed by atoms with Gasteiger partial charge in [-0.25, -0.2) is 0 Å². The Morgan fingerprint density at radius 2 is 0.847 bits per heavy atom. The van der Waals surface area contributed by atoms with E-state index in [1.807, 2.05) is 0 Å². The highest BCUT2D eigenvalue weighted by Crippen LogP contribution is 2.60. The molecule has 10 aromatic carbocycles. The van der Waals surface area contributed by atoms with Crippen LogP contribution in [-0.4, -0.2) is 0 Å². The predicted molar refractivity (Wildman–Crippen MR) is 305 cm³/mol. The van der Waals surface area contributed by atoms with Crippen molar-refractivity contribution in [3.63, 3.8) is 0 Å². The summed E-state index contributed by atoms with van der Waals surface area (Å²) >= 11 is 0. The first-order valence-corrected chi connectivity index (χ1v) is 25.9. The zero-order valence-electron chi connectivity index (χ0n) is 40.5. The van der Waals surface area contributed by atoms with E-state index in [1.54, 1.807) is 11.1 Å². The Kier molecular flexibility index (Phi) is 11.3. The molecule has 3 aliphatic carbocycles. The van der Waals surface area contributed by atoms with Gasteiger partial charge in [0.15, 0.2) is 0 Å². The number of allylic oxidation sites excluding steroid dienone is 4. The fraction of sp³-hybridized carbons (Fsp3) is 0.114. The van der Waals surface area contributed by atoms with Crippen LogP contribution in [0.1, 0.15) is 49.7 Å². The second kappa shape index (κ2) is 18.7. The van der Waals surface area contributed by atoms with Gasteiger partial charge in [0.1, 0.15) is 0 Å². The number of rotatable bonds is 10. The third kappa shape index (κ3) is 7.94. The molecule has 0 bridgehead atoms. The molecular formula is C70H56N2. The summed E-state index contributed by atoms with van der Waals surface area (Å²) in [6.07, 6.45) is 14.7. The first-order chi connectivity index (χ1) is 35.7. The molecule has 1 saturated carbocycles. The normalized spacial score (nSPS) is 15.4. The lowest BCUT2D eigenvalue weighted by Gasteiger charge is -2.41. The van der Waals surface area contributed by atoms with E-state index < -0.39 is 0 Å². The summed E-state index contributed by atoms with van der Waals surface area (Å²) in [7, 11) is 0. The van der Waals surface area contributed by atoms with Crippen LogP contribution in [0, 0.1) is 5.92 Å². The monoisotopic (exact) mass is 924 g/mol. The van der Waals surface area contributed by atoms with Gasteiger partial charge in [0.25, 0.3) is 0 Å². The second-order valence-corrected chi connectivity index (χ2v) is 20.0. The van der Waals surface area contributed by atoms with Crippen LogP contribution in [0.15, 0.2) is 261 Å². The van der Waals surface area contributed by atoms with Crippen LogP contribution in [0.3, 0.4) is 0 Å². The van der Waals surface area contributed by atoms with Gasteiger partial charge >= 0.3 is 0 Å². The van der Waals surface area contributed by atoms with Crippen molar-refractivity contribution in [2.75, 3.05) is 9.80 Å². The molecule has 0 amide bonds. The summed E-state index contributed by atoms with van der Waals surface area (Å²) < 4.78 is 0. The lowest BCUT2D eigenvalue weighted by molar-refractivity contribution is 0.241. The van der Waals surface area contributed by atoms with Gasteiger partial charge < -0.3 is 9.80 Å². The number of benzene rings is 10. The van der Waals surface area contributed by atoms with E-state index in [4.69, 9.17) is 0 Å². The lowest BCUT2D eigenvalue weighted by Crippen LogP contribution is -2.34. The van der Waals surface area contributed by atoms with Gasteiger partial charge in [-0.15, -0.1) is 0 Å². The lowest BCUT2D eigenvalue weighted by atomic mass is 9.63. The number of hydrogen-bond donors (Lipinski definition) is 0. The van der Waals surface area contributed by atoms with Gasteiger partial charge in [-0.2, -0.15) is 0 Å². The number of fused-ring (bicyclic) bond motifs is 6. The van der Waals surface area contributed by atoms with E-state index in [0.29, 0.717) is 5.92 Å². The maximum atomic E-state index is 2.58. The summed E-state index contributed by atoms with van der Waals surface area (Å²) in [5.74, 6) is 0.572. The van der Waals surface area contributed by atoms with Crippen molar-refractivity contribution in [2.45, 2.75) is 43.9 Å². The number of nitrogens with zero attached hydrogens (tertiary/aromatic N) is 2. The van der Waals surface area contributed by atoms with Gasteiger partial charge in [0.05, 0.1) is 5.69 Å². The van der Waals surface area contributed by atoms with E-state index in [-0.39, 0.29) is 5.41 Å². The van der Waals surface area contributed by atoms with Crippen LogP contribution in [0.2, 0.25) is 0 Å². The Morgan fingerprint density at radius 3 is 1.43 bits per heavy atom. The van der Waals surface area contributed by atoms with Crippen molar-refractivity contribution >= 4 is 50.5 Å².